The van der Waals surface area contributed by atoms with Gasteiger partial charge in [-0.15, -0.1) is 0 Å². The molecule has 1 aliphatic rings. The first-order valence-corrected chi connectivity index (χ1v) is 4.38. The lowest BCUT2D eigenvalue weighted by Crippen LogP contribution is -2.12. The lowest BCUT2D eigenvalue weighted by atomic mass is 10.1. The molecule has 1 heterocycles. The number of anilines is 1. The summed E-state index contributed by atoms with van der Waals surface area (Å²) in [6.07, 6.45) is 0. The van der Waals surface area contributed by atoms with Gasteiger partial charge < -0.3 is 15.4 Å². The molecule has 1 aromatic rings. The number of nitrogens with zero attached hydrogens (tertiary/aromatic N) is 1. The third-order valence-corrected chi connectivity index (χ3v) is 2.33. The molecule has 0 unspecified atom stereocenters. The Hall–Kier alpha value is -1.22. The van der Waals surface area contributed by atoms with Gasteiger partial charge in [0.25, 0.3) is 0 Å². The number of ether oxygens (including phenoxy) is 1. The number of fused-ring (bicyclic) bond motifs is 1. The van der Waals surface area contributed by atoms with Gasteiger partial charge in [0.05, 0.1) is 6.04 Å². The van der Waals surface area contributed by atoms with E-state index in [-0.39, 0.29) is 6.04 Å². The van der Waals surface area contributed by atoms with E-state index in [1.54, 1.807) is 0 Å². The van der Waals surface area contributed by atoms with Crippen molar-refractivity contribution in [2.24, 2.45) is 5.73 Å². The Labute approximate surface area is 78.1 Å². The van der Waals surface area contributed by atoms with Crippen molar-refractivity contribution in [2.75, 3.05) is 25.6 Å². The van der Waals surface area contributed by atoms with Gasteiger partial charge in [0.1, 0.15) is 12.4 Å². The summed E-state index contributed by atoms with van der Waals surface area (Å²) in [5.74, 6) is 0.929. The van der Waals surface area contributed by atoms with Crippen molar-refractivity contribution in [3.05, 3.63) is 23.8 Å². The van der Waals surface area contributed by atoms with E-state index in [4.69, 9.17) is 10.5 Å². The Bertz CT molecular complexity index is 323. The monoisotopic (exact) mass is 178 g/mol. The molecule has 1 atom stereocenters. The van der Waals surface area contributed by atoms with Crippen LogP contribution in [-0.2, 0) is 0 Å². The molecule has 1 aromatic carbocycles. The molecule has 2 N–H and O–H groups in total. The van der Waals surface area contributed by atoms with Gasteiger partial charge >= 0.3 is 0 Å². The number of rotatable bonds is 1. The van der Waals surface area contributed by atoms with Crippen molar-refractivity contribution >= 4 is 5.69 Å². The van der Waals surface area contributed by atoms with Crippen molar-refractivity contribution in [3.8, 4) is 5.75 Å². The summed E-state index contributed by atoms with van der Waals surface area (Å²) in [7, 11) is 4.03. The highest BCUT2D eigenvalue weighted by molar-refractivity contribution is 5.54. The van der Waals surface area contributed by atoms with Crippen LogP contribution in [0.3, 0.4) is 0 Å². The van der Waals surface area contributed by atoms with Crippen molar-refractivity contribution in [2.45, 2.75) is 6.04 Å². The van der Waals surface area contributed by atoms with Crippen LogP contribution in [0.1, 0.15) is 11.6 Å². The van der Waals surface area contributed by atoms with Crippen molar-refractivity contribution < 1.29 is 4.74 Å². The molecular weight excluding hydrogens is 164 g/mol. The first-order chi connectivity index (χ1) is 6.18. The minimum absolute atomic E-state index is 0.0369. The van der Waals surface area contributed by atoms with Crippen molar-refractivity contribution in [1.82, 2.24) is 0 Å². The van der Waals surface area contributed by atoms with E-state index < -0.39 is 0 Å². The quantitative estimate of drug-likeness (QED) is 0.701. The van der Waals surface area contributed by atoms with Crippen LogP contribution >= 0.6 is 0 Å². The predicted molar refractivity (Wildman–Crippen MR) is 53.2 cm³/mol. The Morgan fingerprint density at radius 2 is 2.23 bits per heavy atom. The van der Waals surface area contributed by atoms with Gasteiger partial charge in [-0.05, 0) is 18.2 Å². The van der Waals surface area contributed by atoms with Crippen LogP contribution in [0.4, 0.5) is 5.69 Å². The third kappa shape index (κ3) is 1.35. The van der Waals surface area contributed by atoms with Crippen molar-refractivity contribution in [1.29, 1.82) is 0 Å². The van der Waals surface area contributed by atoms with Gasteiger partial charge in [0, 0.05) is 25.3 Å². The molecular formula is C10H14N2O. The number of nitrogens with two attached hydrogens (primary N) is 1. The molecule has 0 spiro atoms. The normalized spacial score (nSPS) is 19.5. The van der Waals surface area contributed by atoms with Gasteiger partial charge in [-0.2, -0.15) is 0 Å². The second kappa shape index (κ2) is 2.92. The maximum atomic E-state index is 5.87. The second-order valence-electron chi connectivity index (χ2n) is 3.53. The molecule has 0 bridgehead atoms. The van der Waals surface area contributed by atoms with Crippen LogP contribution in [0.25, 0.3) is 0 Å². The molecule has 2 rings (SSSR count). The van der Waals surface area contributed by atoms with Crippen LogP contribution < -0.4 is 15.4 Å². The number of hydrogen-bond donors (Lipinski definition) is 1. The maximum absolute atomic E-state index is 5.87. The molecule has 0 fully saturated rings. The van der Waals surface area contributed by atoms with Crippen LogP contribution in [0, 0.1) is 0 Å². The van der Waals surface area contributed by atoms with E-state index in [1.165, 1.54) is 5.69 Å². The molecule has 0 saturated heterocycles. The molecule has 1 aliphatic heterocycles. The summed E-state index contributed by atoms with van der Waals surface area (Å²) in [5, 5.41) is 0. The number of benzene rings is 1. The Kier molecular flexibility index (Phi) is 1.88. The fourth-order valence-corrected chi connectivity index (χ4v) is 1.50. The first-order valence-electron chi connectivity index (χ1n) is 4.38. The lowest BCUT2D eigenvalue weighted by Gasteiger charge is -2.13. The Morgan fingerprint density at radius 1 is 1.46 bits per heavy atom. The predicted octanol–water partition coefficient (Wildman–Crippen LogP) is 1.14. The van der Waals surface area contributed by atoms with E-state index in [0.29, 0.717) is 6.61 Å². The summed E-state index contributed by atoms with van der Waals surface area (Å²) >= 11 is 0. The molecule has 13 heavy (non-hydrogen) atoms. The van der Waals surface area contributed by atoms with Crippen molar-refractivity contribution in [3.63, 3.8) is 0 Å². The highest BCUT2D eigenvalue weighted by atomic mass is 16.5. The van der Waals surface area contributed by atoms with Gasteiger partial charge in [0.15, 0.2) is 0 Å². The SMILES string of the molecule is CN(C)c1ccc2c(c1)[C@H](N)CO2. The zero-order valence-electron chi connectivity index (χ0n) is 7.95. The van der Waals surface area contributed by atoms with Crippen LogP contribution in [-0.4, -0.2) is 20.7 Å². The summed E-state index contributed by atoms with van der Waals surface area (Å²) in [6.45, 7) is 0.603. The van der Waals surface area contributed by atoms with Gasteiger partial charge in [0.2, 0.25) is 0 Å². The van der Waals surface area contributed by atoms with Gasteiger partial charge in [-0.25, -0.2) is 0 Å². The Morgan fingerprint density at radius 3 is 2.92 bits per heavy atom. The molecule has 0 radical (unpaired) electrons. The van der Waals surface area contributed by atoms with E-state index >= 15 is 0 Å². The highest BCUT2D eigenvalue weighted by Gasteiger charge is 2.20. The fraction of sp³-hybridized carbons (Fsp3) is 0.400. The standard InChI is InChI=1S/C10H14N2O/c1-12(2)7-3-4-10-8(5-7)9(11)6-13-10/h3-5,9H,6,11H2,1-2H3/t9-/m1/s1. The summed E-state index contributed by atoms with van der Waals surface area (Å²) in [4.78, 5) is 2.06. The van der Waals surface area contributed by atoms with E-state index in [1.807, 2.05) is 26.2 Å². The first kappa shape index (κ1) is 8.38. The zero-order valence-corrected chi connectivity index (χ0v) is 7.95. The molecule has 70 valence electrons. The third-order valence-electron chi connectivity index (χ3n) is 2.33. The summed E-state index contributed by atoms with van der Waals surface area (Å²) in [5.41, 5.74) is 8.16. The minimum atomic E-state index is 0.0369. The van der Waals surface area contributed by atoms with E-state index in [2.05, 4.69) is 11.0 Å². The molecule has 0 amide bonds. The van der Waals surface area contributed by atoms with Crippen LogP contribution in [0.2, 0.25) is 0 Å². The second-order valence-corrected chi connectivity index (χ2v) is 3.53. The lowest BCUT2D eigenvalue weighted by molar-refractivity contribution is 0.333. The zero-order chi connectivity index (χ0) is 9.42. The molecule has 0 saturated carbocycles. The summed E-state index contributed by atoms with van der Waals surface area (Å²) in [6, 6.07) is 6.15. The van der Waals surface area contributed by atoms with Crippen LogP contribution in [0.5, 0.6) is 5.75 Å². The van der Waals surface area contributed by atoms with Gasteiger partial charge in [-0.3, -0.25) is 0 Å². The molecule has 3 nitrogen and oxygen atoms in total. The molecule has 3 heteroatoms. The fourth-order valence-electron chi connectivity index (χ4n) is 1.50. The van der Waals surface area contributed by atoms with E-state index in [9.17, 15) is 0 Å². The maximum Gasteiger partial charge on any atom is 0.124 e. The smallest absolute Gasteiger partial charge is 0.124 e. The topological polar surface area (TPSA) is 38.5 Å². The molecule has 0 aliphatic carbocycles. The van der Waals surface area contributed by atoms with E-state index in [0.717, 1.165) is 11.3 Å². The van der Waals surface area contributed by atoms with Gasteiger partial charge in [-0.1, -0.05) is 0 Å². The average molecular weight is 178 g/mol. The summed E-state index contributed by atoms with van der Waals surface area (Å²) < 4.78 is 5.40. The van der Waals surface area contributed by atoms with Crippen LogP contribution in [0.15, 0.2) is 18.2 Å². The average Bonchev–Trinajstić information content (AvgIpc) is 2.47. The minimum Gasteiger partial charge on any atom is -0.491 e. The Balaban J connectivity index is 2.42. The molecule has 0 aromatic heterocycles. The number of hydrogen-bond acceptors (Lipinski definition) is 3. The highest BCUT2D eigenvalue weighted by Crippen LogP contribution is 2.33. The largest absolute Gasteiger partial charge is 0.491 e.